The molecule has 2 fully saturated rings. The van der Waals surface area contributed by atoms with Gasteiger partial charge < -0.3 is 10.2 Å². The van der Waals surface area contributed by atoms with Crippen molar-refractivity contribution in [1.29, 1.82) is 0 Å². The second-order valence-electron chi connectivity index (χ2n) is 5.69. The van der Waals surface area contributed by atoms with Crippen LogP contribution in [0.3, 0.4) is 0 Å². The third kappa shape index (κ3) is 3.81. The first-order valence-electron chi connectivity index (χ1n) is 7.77. The van der Waals surface area contributed by atoms with Gasteiger partial charge in [0.25, 0.3) is 5.91 Å². The average Bonchev–Trinajstić information content (AvgIpc) is 2.57. The molecule has 1 amide bonds. The van der Waals surface area contributed by atoms with E-state index >= 15 is 0 Å². The molecule has 21 heavy (non-hydrogen) atoms. The molecule has 1 aromatic carbocycles. The molecule has 0 atom stereocenters. The van der Waals surface area contributed by atoms with Gasteiger partial charge in [0, 0.05) is 64.5 Å². The molecule has 2 aliphatic rings. The van der Waals surface area contributed by atoms with Gasteiger partial charge in [0.1, 0.15) is 0 Å². The quantitative estimate of drug-likeness (QED) is 0.861. The first-order chi connectivity index (χ1) is 10.3. The molecular weight excluding hydrogens is 264 g/mol. The third-order valence-corrected chi connectivity index (χ3v) is 4.16. The van der Waals surface area contributed by atoms with Crippen LogP contribution in [0.1, 0.15) is 15.9 Å². The van der Waals surface area contributed by atoms with E-state index in [0.29, 0.717) is 0 Å². The standard InChI is InChI=1S/C16H23N4O/c21-16(20-11-7-18-8-12-20)15-3-1-14(2-4-15)13-19-9-5-17-6-10-19/h1-4,17H,5-13H2. The molecule has 2 saturated heterocycles. The fraction of sp³-hybridized carbons (Fsp3) is 0.562. The van der Waals surface area contributed by atoms with Crippen LogP contribution < -0.4 is 10.6 Å². The Morgan fingerprint density at radius 3 is 2.38 bits per heavy atom. The van der Waals surface area contributed by atoms with E-state index < -0.39 is 0 Å². The summed E-state index contributed by atoms with van der Waals surface area (Å²) in [6.45, 7) is 8.34. The molecule has 1 aromatic rings. The Labute approximate surface area is 126 Å². The molecule has 0 saturated carbocycles. The monoisotopic (exact) mass is 287 g/mol. The van der Waals surface area contributed by atoms with Crippen molar-refractivity contribution in [3.05, 3.63) is 35.4 Å². The van der Waals surface area contributed by atoms with Crippen molar-refractivity contribution in [2.24, 2.45) is 0 Å². The highest BCUT2D eigenvalue weighted by molar-refractivity contribution is 5.94. The summed E-state index contributed by atoms with van der Waals surface area (Å²) < 4.78 is 0. The van der Waals surface area contributed by atoms with E-state index in [4.69, 9.17) is 0 Å². The van der Waals surface area contributed by atoms with Gasteiger partial charge in [-0.25, -0.2) is 5.32 Å². The lowest BCUT2D eigenvalue weighted by molar-refractivity contribution is 0.0734. The number of amides is 1. The topological polar surface area (TPSA) is 49.7 Å². The van der Waals surface area contributed by atoms with E-state index in [1.807, 2.05) is 17.0 Å². The maximum Gasteiger partial charge on any atom is 0.253 e. The van der Waals surface area contributed by atoms with Crippen molar-refractivity contribution in [3.8, 4) is 0 Å². The van der Waals surface area contributed by atoms with E-state index in [-0.39, 0.29) is 5.91 Å². The van der Waals surface area contributed by atoms with Crippen LogP contribution in [0, 0.1) is 0 Å². The summed E-state index contributed by atoms with van der Waals surface area (Å²) in [5, 5.41) is 7.64. The molecule has 1 N–H and O–H groups in total. The van der Waals surface area contributed by atoms with Crippen molar-refractivity contribution in [1.82, 2.24) is 20.4 Å². The van der Waals surface area contributed by atoms with Crippen LogP contribution in [-0.2, 0) is 6.54 Å². The Kier molecular flexibility index (Phi) is 4.85. The maximum absolute atomic E-state index is 12.4. The predicted octanol–water partition coefficient (Wildman–Crippen LogP) is 0.152. The smallest absolute Gasteiger partial charge is 0.253 e. The summed E-state index contributed by atoms with van der Waals surface area (Å²) in [4.78, 5) is 16.7. The molecule has 0 aliphatic carbocycles. The minimum atomic E-state index is 0.138. The Morgan fingerprint density at radius 2 is 1.71 bits per heavy atom. The lowest BCUT2D eigenvalue weighted by Crippen LogP contribution is -2.43. The fourth-order valence-electron chi connectivity index (χ4n) is 2.87. The van der Waals surface area contributed by atoms with E-state index in [0.717, 1.165) is 64.5 Å². The Bertz CT molecular complexity index is 462. The van der Waals surface area contributed by atoms with Crippen LogP contribution in [0.25, 0.3) is 0 Å². The van der Waals surface area contributed by atoms with Gasteiger partial charge in [0.15, 0.2) is 0 Å². The van der Waals surface area contributed by atoms with Crippen LogP contribution in [0.5, 0.6) is 0 Å². The summed E-state index contributed by atoms with van der Waals surface area (Å²) in [6.07, 6.45) is 0. The zero-order chi connectivity index (χ0) is 14.5. The number of rotatable bonds is 3. The lowest BCUT2D eigenvalue weighted by Gasteiger charge is -2.28. The Balaban J connectivity index is 1.59. The zero-order valence-electron chi connectivity index (χ0n) is 12.4. The van der Waals surface area contributed by atoms with Crippen molar-refractivity contribution in [3.63, 3.8) is 0 Å². The number of nitrogens with zero attached hydrogens (tertiary/aromatic N) is 3. The molecule has 113 valence electrons. The lowest BCUT2D eigenvalue weighted by atomic mass is 10.1. The van der Waals surface area contributed by atoms with Crippen LogP contribution in [0.2, 0.25) is 0 Å². The highest BCUT2D eigenvalue weighted by atomic mass is 16.2. The molecule has 0 bridgehead atoms. The van der Waals surface area contributed by atoms with Crippen molar-refractivity contribution >= 4 is 5.91 Å². The number of piperazine rings is 2. The molecule has 2 heterocycles. The summed E-state index contributed by atoms with van der Waals surface area (Å²) in [5.41, 5.74) is 2.07. The fourth-order valence-corrected chi connectivity index (χ4v) is 2.87. The molecule has 5 heteroatoms. The van der Waals surface area contributed by atoms with Crippen molar-refractivity contribution in [2.45, 2.75) is 6.54 Å². The van der Waals surface area contributed by atoms with E-state index in [9.17, 15) is 4.79 Å². The molecule has 3 rings (SSSR count). The van der Waals surface area contributed by atoms with Crippen LogP contribution in [0.15, 0.2) is 24.3 Å². The van der Waals surface area contributed by atoms with Crippen LogP contribution >= 0.6 is 0 Å². The average molecular weight is 287 g/mol. The van der Waals surface area contributed by atoms with Crippen molar-refractivity contribution < 1.29 is 4.79 Å². The normalized spacial score (nSPS) is 20.5. The number of carbonyl (C=O) groups excluding carboxylic acids is 1. The van der Waals surface area contributed by atoms with Gasteiger partial charge in [-0.1, -0.05) is 12.1 Å². The summed E-state index contributed by atoms with van der Waals surface area (Å²) in [5.74, 6) is 0.138. The predicted molar refractivity (Wildman–Crippen MR) is 82.4 cm³/mol. The summed E-state index contributed by atoms with van der Waals surface area (Å²) in [7, 11) is 0. The third-order valence-electron chi connectivity index (χ3n) is 4.16. The molecule has 0 spiro atoms. The largest absolute Gasteiger partial charge is 0.336 e. The van der Waals surface area contributed by atoms with Crippen LogP contribution in [-0.4, -0.2) is 68.1 Å². The summed E-state index contributed by atoms with van der Waals surface area (Å²) in [6, 6.07) is 8.10. The number of carbonyl (C=O) groups is 1. The molecule has 1 radical (unpaired) electrons. The Morgan fingerprint density at radius 1 is 1.05 bits per heavy atom. The van der Waals surface area contributed by atoms with E-state index in [1.165, 1.54) is 5.56 Å². The number of hydrogen-bond donors (Lipinski definition) is 1. The molecule has 0 aromatic heterocycles. The zero-order valence-corrected chi connectivity index (χ0v) is 12.4. The number of benzene rings is 1. The first kappa shape index (κ1) is 14.5. The highest BCUT2D eigenvalue weighted by Crippen LogP contribution is 2.11. The number of nitrogens with one attached hydrogen (secondary N) is 1. The molecule has 5 nitrogen and oxygen atoms in total. The van der Waals surface area contributed by atoms with Gasteiger partial charge in [-0.3, -0.25) is 9.69 Å². The van der Waals surface area contributed by atoms with Gasteiger partial charge in [-0.05, 0) is 17.7 Å². The van der Waals surface area contributed by atoms with Gasteiger partial charge in [-0.2, -0.15) is 0 Å². The summed E-state index contributed by atoms with van der Waals surface area (Å²) >= 11 is 0. The number of hydrogen-bond acceptors (Lipinski definition) is 3. The van der Waals surface area contributed by atoms with E-state index in [1.54, 1.807) is 0 Å². The first-order valence-corrected chi connectivity index (χ1v) is 7.77. The second-order valence-corrected chi connectivity index (χ2v) is 5.69. The van der Waals surface area contributed by atoms with Crippen molar-refractivity contribution in [2.75, 3.05) is 52.4 Å². The Hall–Kier alpha value is -1.43. The molecule has 2 aliphatic heterocycles. The SMILES string of the molecule is O=C(c1ccc(CN2CCNCC2)cc1)N1CC[N]CC1. The van der Waals surface area contributed by atoms with Gasteiger partial charge >= 0.3 is 0 Å². The maximum atomic E-state index is 12.4. The molecular formula is C16H23N4O. The van der Waals surface area contributed by atoms with Gasteiger partial charge in [0.05, 0.1) is 0 Å². The minimum absolute atomic E-state index is 0.138. The highest BCUT2D eigenvalue weighted by Gasteiger charge is 2.18. The second kappa shape index (κ2) is 7.02. The minimum Gasteiger partial charge on any atom is -0.336 e. The van der Waals surface area contributed by atoms with Gasteiger partial charge in [-0.15, -0.1) is 0 Å². The van der Waals surface area contributed by atoms with E-state index in [2.05, 4.69) is 27.7 Å². The van der Waals surface area contributed by atoms with Crippen LogP contribution in [0.4, 0.5) is 0 Å². The van der Waals surface area contributed by atoms with Gasteiger partial charge in [0.2, 0.25) is 0 Å². The molecule has 0 unspecified atom stereocenters.